The second kappa shape index (κ2) is 8.34. The maximum Gasteiger partial charge on any atom is 1.00 e. The summed E-state index contributed by atoms with van der Waals surface area (Å²) in [7, 11) is 0. The third-order valence-electron chi connectivity index (χ3n) is 1.58. The SMILES string of the molecule is CC.CC(C)(C)c1cc[c-]cc1.[Rb+]. The van der Waals surface area contributed by atoms with Crippen LogP contribution in [0.2, 0.25) is 0 Å². The van der Waals surface area contributed by atoms with Crippen LogP contribution in [0.4, 0.5) is 0 Å². The molecule has 0 amide bonds. The molecule has 1 aromatic rings. The zero-order valence-electron chi connectivity index (χ0n) is 9.81. The molecule has 0 bridgehead atoms. The smallest absolute Gasteiger partial charge is 0.184 e. The maximum atomic E-state index is 3.00. The van der Waals surface area contributed by atoms with Gasteiger partial charge in [0.05, 0.1) is 0 Å². The Bertz CT molecular complexity index is 196. The Balaban J connectivity index is 0. The van der Waals surface area contributed by atoms with Gasteiger partial charge in [-0.1, -0.05) is 34.6 Å². The second-order valence-corrected chi connectivity index (χ2v) is 3.54. The normalized spacial score (nSPS) is 9.31. The van der Waals surface area contributed by atoms with Crippen LogP contribution in [0.5, 0.6) is 0 Å². The summed E-state index contributed by atoms with van der Waals surface area (Å²) in [6.45, 7) is 10.6. The molecular weight excluding hydrogens is 230 g/mol. The van der Waals surface area contributed by atoms with Crippen LogP contribution in [-0.2, 0) is 5.41 Å². The first-order valence-corrected chi connectivity index (χ1v) is 4.57. The van der Waals surface area contributed by atoms with Crippen molar-refractivity contribution in [3.05, 3.63) is 35.9 Å². The minimum absolute atomic E-state index is 0. The quantitative estimate of drug-likeness (QED) is 0.597. The first kappa shape index (κ1) is 16.5. The van der Waals surface area contributed by atoms with E-state index in [1.54, 1.807) is 0 Å². The zero-order chi connectivity index (χ0) is 9.61. The molecule has 0 aliphatic carbocycles. The van der Waals surface area contributed by atoms with E-state index in [4.69, 9.17) is 0 Å². The molecule has 68 valence electrons. The van der Waals surface area contributed by atoms with Crippen molar-refractivity contribution in [1.29, 1.82) is 0 Å². The molecule has 1 aromatic carbocycles. The Morgan fingerprint density at radius 2 is 1.38 bits per heavy atom. The maximum absolute atomic E-state index is 3.00. The third-order valence-corrected chi connectivity index (χ3v) is 1.58. The van der Waals surface area contributed by atoms with Gasteiger partial charge < -0.3 is 0 Å². The van der Waals surface area contributed by atoms with Crippen LogP contribution in [0.25, 0.3) is 0 Å². The summed E-state index contributed by atoms with van der Waals surface area (Å²) >= 11 is 0. The number of hydrogen-bond donors (Lipinski definition) is 0. The first-order valence-electron chi connectivity index (χ1n) is 4.57. The van der Waals surface area contributed by atoms with E-state index < -0.39 is 0 Å². The van der Waals surface area contributed by atoms with Gasteiger partial charge in [0.25, 0.3) is 0 Å². The summed E-state index contributed by atoms with van der Waals surface area (Å²) in [5.41, 5.74) is 1.64. The fourth-order valence-corrected chi connectivity index (χ4v) is 0.887. The van der Waals surface area contributed by atoms with Crippen molar-refractivity contribution < 1.29 is 58.2 Å². The van der Waals surface area contributed by atoms with Gasteiger partial charge in [-0.3, -0.25) is 0 Å². The molecule has 0 aliphatic rings. The Morgan fingerprint density at radius 1 is 1.00 bits per heavy atom. The summed E-state index contributed by atoms with van der Waals surface area (Å²) in [4.78, 5) is 0. The number of benzene rings is 1. The monoisotopic (exact) mass is 248 g/mol. The molecule has 0 unspecified atom stereocenters. The van der Waals surface area contributed by atoms with Crippen LogP contribution in [-0.4, -0.2) is 0 Å². The third kappa shape index (κ3) is 7.01. The Hall–Kier alpha value is 1.03. The van der Waals surface area contributed by atoms with E-state index in [0.29, 0.717) is 0 Å². The average molecular weight is 249 g/mol. The van der Waals surface area contributed by atoms with Crippen LogP contribution < -0.4 is 58.2 Å². The van der Waals surface area contributed by atoms with Crippen LogP contribution in [0.15, 0.2) is 24.3 Å². The fourth-order valence-electron chi connectivity index (χ4n) is 0.887. The molecule has 1 rings (SSSR count). The van der Waals surface area contributed by atoms with Gasteiger partial charge in [0.2, 0.25) is 0 Å². The Morgan fingerprint density at radius 3 is 1.62 bits per heavy atom. The first-order chi connectivity index (χ1) is 5.61. The molecule has 0 aromatic heterocycles. The van der Waals surface area contributed by atoms with E-state index in [-0.39, 0.29) is 63.6 Å². The van der Waals surface area contributed by atoms with Crippen molar-refractivity contribution in [3.63, 3.8) is 0 Å². The summed E-state index contributed by atoms with van der Waals surface area (Å²) in [6.07, 6.45) is 0. The van der Waals surface area contributed by atoms with Crippen molar-refractivity contribution >= 4 is 0 Å². The van der Waals surface area contributed by atoms with Gasteiger partial charge in [-0.15, -0.1) is 0 Å². The van der Waals surface area contributed by atoms with E-state index in [9.17, 15) is 0 Å². The second-order valence-electron chi connectivity index (χ2n) is 3.54. The molecule has 0 nitrogen and oxygen atoms in total. The predicted molar refractivity (Wildman–Crippen MR) is 55.3 cm³/mol. The van der Waals surface area contributed by atoms with E-state index in [2.05, 4.69) is 39.0 Å². The van der Waals surface area contributed by atoms with Gasteiger partial charge in [0, 0.05) is 0 Å². The van der Waals surface area contributed by atoms with Crippen molar-refractivity contribution in [2.75, 3.05) is 0 Å². The molecule has 0 atom stereocenters. The van der Waals surface area contributed by atoms with Gasteiger partial charge in [0.15, 0.2) is 0 Å². The molecule has 0 spiro atoms. The van der Waals surface area contributed by atoms with Gasteiger partial charge in [-0.2, -0.15) is 35.9 Å². The molecule has 0 N–H and O–H groups in total. The molecule has 0 fully saturated rings. The number of hydrogen-bond acceptors (Lipinski definition) is 0. The van der Waals surface area contributed by atoms with E-state index in [0.717, 1.165) is 0 Å². The molecule has 0 saturated heterocycles. The number of rotatable bonds is 0. The summed E-state index contributed by atoms with van der Waals surface area (Å²) in [5, 5.41) is 0. The summed E-state index contributed by atoms with van der Waals surface area (Å²) in [6, 6.07) is 11.1. The largest absolute Gasteiger partial charge is 1.00 e. The summed E-state index contributed by atoms with van der Waals surface area (Å²) < 4.78 is 0. The van der Waals surface area contributed by atoms with Gasteiger partial charge in [-0.25, -0.2) is 0 Å². The minimum atomic E-state index is 0. The Labute approximate surface area is 132 Å². The van der Waals surface area contributed by atoms with Crippen molar-refractivity contribution in [1.82, 2.24) is 0 Å². The topological polar surface area (TPSA) is 0 Å². The van der Waals surface area contributed by atoms with E-state index >= 15 is 0 Å². The van der Waals surface area contributed by atoms with Crippen LogP contribution in [0.1, 0.15) is 40.2 Å². The standard InChI is InChI=1S/C10H13.C2H6.Rb/c1-10(2,3)9-7-5-4-6-8-9;1-2;/h5-8H,1-3H3;1-2H3;/q-1;;+1. The van der Waals surface area contributed by atoms with Crippen LogP contribution in [0, 0.1) is 6.07 Å². The van der Waals surface area contributed by atoms with Crippen LogP contribution in [0.3, 0.4) is 0 Å². The fraction of sp³-hybridized carbons (Fsp3) is 0.500. The van der Waals surface area contributed by atoms with Crippen molar-refractivity contribution in [3.8, 4) is 0 Å². The minimum Gasteiger partial charge on any atom is -0.184 e. The molecule has 1 heteroatoms. The summed E-state index contributed by atoms with van der Waals surface area (Å²) in [5.74, 6) is 0. The molecule has 0 aliphatic heterocycles. The Kier molecular flexibility index (Phi) is 10.6. The molecule has 0 saturated carbocycles. The van der Waals surface area contributed by atoms with Crippen molar-refractivity contribution in [2.45, 2.75) is 40.0 Å². The van der Waals surface area contributed by atoms with E-state index in [1.165, 1.54) is 5.56 Å². The zero-order valence-corrected chi connectivity index (χ0v) is 14.7. The van der Waals surface area contributed by atoms with Gasteiger partial charge in [0.1, 0.15) is 0 Å². The molecule has 13 heavy (non-hydrogen) atoms. The molecule has 0 heterocycles. The van der Waals surface area contributed by atoms with Gasteiger partial charge >= 0.3 is 58.2 Å². The van der Waals surface area contributed by atoms with Gasteiger partial charge in [-0.05, 0) is 5.41 Å². The van der Waals surface area contributed by atoms with E-state index in [1.807, 2.05) is 26.0 Å². The molecule has 0 radical (unpaired) electrons. The predicted octanol–water partition coefficient (Wildman–Crippen LogP) is 0.814. The van der Waals surface area contributed by atoms with Crippen molar-refractivity contribution in [2.24, 2.45) is 0 Å². The molecular formula is C12H19Rb. The average Bonchev–Trinajstić information content (AvgIpc) is 2.08. The van der Waals surface area contributed by atoms with Crippen LogP contribution >= 0.6 is 0 Å².